The van der Waals surface area contributed by atoms with Crippen molar-refractivity contribution in [3.63, 3.8) is 0 Å². The Morgan fingerprint density at radius 2 is 1.83 bits per heavy atom. The first-order chi connectivity index (χ1) is 10.8. The van der Waals surface area contributed by atoms with Crippen molar-refractivity contribution in [1.29, 1.82) is 0 Å². The number of benzene rings is 1. The van der Waals surface area contributed by atoms with E-state index in [1.807, 2.05) is 4.90 Å². The lowest BCUT2D eigenvalue weighted by atomic mass is 10.1. The van der Waals surface area contributed by atoms with E-state index in [-0.39, 0.29) is 34.5 Å². The molecule has 3 rings (SSSR count). The Morgan fingerprint density at radius 3 is 2.39 bits per heavy atom. The predicted octanol–water partition coefficient (Wildman–Crippen LogP) is 1.51. The molecule has 8 heteroatoms. The Balaban J connectivity index is 2.00. The summed E-state index contributed by atoms with van der Waals surface area (Å²) in [5.41, 5.74) is 1.33. The number of ketones is 1. The van der Waals surface area contributed by atoms with Crippen molar-refractivity contribution in [2.24, 2.45) is 4.99 Å². The Kier molecular flexibility index (Phi) is 4.05. The quantitative estimate of drug-likeness (QED) is 0.750. The molecule has 0 N–H and O–H groups in total. The summed E-state index contributed by atoms with van der Waals surface area (Å²) in [5, 5.41) is 0.406. The van der Waals surface area contributed by atoms with Crippen molar-refractivity contribution in [2.45, 2.75) is 25.1 Å². The maximum Gasteiger partial charge on any atom is 0.244 e. The topological polar surface area (TPSA) is 83.9 Å². The molecule has 0 saturated carbocycles. The van der Waals surface area contributed by atoms with E-state index in [1.54, 1.807) is 24.3 Å². The van der Waals surface area contributed by atoms with Gasteiger partial charge < -0.3 is 4.90 Å². The third-order valence-electron chi connectivity index (χ3n) is 3.87. The minimum absolute atomic E-state index is 0.0358. The van der Waals surface area contributed by atoms with Crippen LogP contribution in [0.4, 0.5) is 5.69 Å². The number of nitrogens with zero attached hydrogens (tertiary/aromatic N) is 2. The van der Waals surface area contributed by atoms with E-state index >= 15 is 0 Å². The molecule has 2 aliphatic rings. The van der Waals surface area contributed by atoms with E-state index in [4.69, 9.17) is 0 Å². The smallest absolute Gasteiger partial charge is 0.244 e. The van der Waals surface area contributed by atoms with Crippen LogP contribution < -0.4 is 4.90 Å². The summed E-state index contributed by atoms with van der Waals surface area (Å²) in [5.74, 6) is -0.205. The van der Waals surface area contributed by atoms with Crippen LogP contribution in [0.2, 0.25) is 0 Å². The number of carbonyl (C=O) groups is 2. The number of aliphatic imine (C=N–C) groups is 1. The molecule has 1 aromatic rings. The normalized spacial score (nSPS) is 27.2. The number of hydrogen-bond donors (Lipinski definition) is 0. The zero-order valence-electron chi connectivity index (χ0n) is 12.7. The molecule has 23 heavy (non-hydrogen) atoms. The van der Waals surface area contributed by atoms with Crippen molar-refractivity contribution in [3.05, 3.63) is 29.8 Å². The van der Waals surface area contributed by atoms with E-state index < -0.39 is 9.84 Å². The summed E-state index contributed by atoms with van der Waals surface area (Å²) < 4.78 is 23.8. The molecule has 2 aliphatic heterocycles. The molecule has 2 heterocycles. The fourth-order valence-electron chi connectivity index (χ4n) is 2.86. The number of thioether (sulfide) groups is 1. The Hall–Kier alpha value is -1.67. The van der Waals surface area contributed by atoms with Gasteiger partial charge in [-0.05, 0) is 31.2 Å². The van der Waals surface area contributed by atoms with E-state index in [2.05, 4.69) is 4.99 Å². The van der Waals surface area contributed by atoms with E-state index in [0.717, 1.165) is 5.69 Å². The number of amides is 1. The minimum atomic E-state index is -3.08. The van der Waals surface area contributed by atoms with Gasteiger partial charge in [-0.15, -0.1) is 0 Å². The van der Waals surface area contributed by atoms with Crippen LogP contribution in [0.15, 0.2) is 29.3 Å². The average molecular weight is 352 g/mol. The lowest BCUT2D eigenvalue weighted by Gasteiger charge is -2.24. The van der Waals surface area contributed by atoms with Crippen LogP contribution in [-0.2, 0) is 14.6 Å². The number of fused-ring (bicyclic) bond motifs is 1. The molecule has 0 bridgehead atoms. The van der Waals surface area contributed by atoms with Crippen LogP contribution in [0, 0.1) is 0 Å². The molecular formula is C15H16N2O4S2. The van der Waals surface area contributed by atoms with Gasteiger partial charge in [0, 0.05) is 23.4 Å². The molecule has 0 aliphatic carbocycles. The van der Waals surface area contributed by atoms with Gasteiger partial charge >= 0.3 is 0 Å². The van der Waals surface area contributed by atoms with Crippen molar-refractivity contribution in [1.82, 2.24) is 0 Å². The maximum absolute atomic E-state index is 11.9. The number of sulfone groups is 1. The fraction of sp³-hybridized carbons (Fsp3) is 0.400. The first-order valence-electron chi connectivity index (χ1n) is 7.13. The largest absolute Gasteiger partial charge is 0.316 e. The molecular weight excluding hydrogens is 336 g/mol. The lowest BCUT2D eigenvalue weighted by Crippen LogP contribution is -2.37. The van der Waals surface area contributed by atoms with Crippen LogP contribution in [0.3, 0.4) is 0 Å². The third kappa shape index (κ3) is 3.18. The van der Waals surface area contributed by atoms with Crippen LogP contribution in [0.1, 0.15) is 24.2 Å². The van der Waals surface area contributed by atoms with Gasteiger partial charge in [0.25, 0.3) is 0 Å². The van der Waals surface area contributed by atoms with Gasteiger partial charge in [-0.2, -0.15) is 4.99 Å². The number of rotatable bonds is 2. The van der Waals surface area contributed by atoms with Crippen molar-refractivity contribution < 1.29 is 18.0 Å². The van der Waals surface area contributed by atoms with Crippen LogP contribution in [0.25, 0.3) is 0 Å². The molecule has 0 spiro atoms. The summed E-state index contributed by atoms with van der Waals surface area (Å²) in [6.07, 6.45) is 0. The summed E-state index contributed by atoms with van der Waals surface area (Å²) >= 11 is 1.33. The number of amidine groups is 1. The van der Waals surface area contributed by atoms with Gasteiger partial charge in [-0.25, -0.2) is 8.42 Å². The molecule has 0 aromatic heterocycles. The molecule has 2 atom stereocenters. The minimum Gasteiger partial charge on any atom is -0.316 e. The second-order valence-corrected chi connectivity index (χ2v) is 9.05. The summed E-state index contributed by atoms with van der Waals surface area (Å²) in [7, 11) is -3.08. The molecule has 0 unspecified atom stereocenters. The number of carbonyl (C=O) groups excluding carboxylic acids is 2. The molecule has 0 radical (unpaired) electrons. The van der Waals surface area contributed by atoms with Crippen LogP contribution in [0.5, 0.6) is 0 Å². The number of Topliss-reactive ketones (excluding diaryl/α,β-unsaturated/α-hetero) is 1. The number of hydrogen-bond acceptors (Lipinski definition) is 5. The van der Waals surface area contributed by atoms with Gasteiger partial charge in [0.15, 0.2) is 20.8 Å². The van der Waals surface area contributed by atoms with Crippen LogP contribution >= 0.6 is 11.8 Å². The number of anilines is 1. The predicted molar refractivity (Wildman–Crippen MR) is 90.9 cm³/mol. The first kappa shape index (κ1) is 16.2. The fourth-order valence-corrected chi connectivity index (χ4v) is 6.82. The second-order valence-electron chi connectivity index (χ2n) is 5.69. The highest BCUT2D eigenvalue weighted by molar-refractivity contribution is 8.16. The Morgan fingerprint density at radius 1 is 1.17 bits per heavy atom. The summed E-state index contributed by atoms with van der Waals surface area (Å²) in [6.45, 7) is 2.86. The molecule has 122 valence electrons. The second kappa shape index (κ2) is 5.76. The van der Waals surface area contributed by atoms with Crippen molar-refractivity contribution in [2.75, 3.05) is 16.4 Å². The summed E-state index contributed by atoms with van der Waals surface area (Å²) in [6, 6.07) is 6.70. The third-order valence-corrected chi connectivity index (χ3v) is 7.08. The Labute approximate surface area is 138 Å². The van der Waals surface area contributed by atoms with E-state index in [0.29, 0.717) is 10.7 Å². The average Bonchev–Trinajstić information content (AvgIpc) is 2.89. The monoisotopic (exact) mass is 352 g/mol. The van der Waals surface area contributed by atoms with Crippen LogP contribution in [-0.4, -0.2) is 48.1 Å². The molecule has 2 fully saturated rings. The zero-order valence-corrected chi connectivity index (χ0v) is 14.4. The highest BCUT2D eigenvalue weighted by Gasteiger charge is 2.49. The van der Waals surface area contributed by atoms with Gasteiger partial charge in [0.2, 0.25) is 5.91 Å². The van der Waals surface area contributed by atoms with E-state index in [1.165, 1.54) is 25.6 Å². The molecule has 1 amide bonds. The Bertz CT molecular complexity index is 799. The van der Waals surface area contributed by atoms with Gasteiger partial charge in [0.05, 0.1) is 17.5 Å². The van der Waals surface area contributed by atoms with Gasteiger partial charge in [-0.1, -0.05) is 11.8 Å². The van der Waals surface area contributed by atoms with Gasteiger partial charge in [-0.3, -0.25) is 9.59 Å². The van der Waals surface area contributed by atoms with Gasteiger partial charge in [0.1, 0.15) is 0 Å². The highest BCUT2D eigenvalue weighted by Crippen LogP contribution is 2.40. The SMILES string of the molecule is CC(=O)N=C1S[C@H]2CS(=O)(=O)C[C@@H]2N1c1ccc(C(C)=O)cc1. The highest BCUT2D eigenvalue weighted by atomic mass is 32.2. The maximum atomic E-state index is 11.9. The molecule has 1 aromatic carbocycles. The molecule has 6 nitrogen and oxygen atoms in total. The molecule has 2 saturated heterocycles. The van der Waals surface area contributed by atoms with E-state index in [9.17, 15) is 18.0 Å². The van der Waals surface area contributed by atoms with Crippen molar-refractivity contribution in [3.8, 4) is 0 Å². The van der Waals surface area contributed by atoms with Crippen molar-refractivity contribution >= 4 is 44.1 Å². The standard InChI is InChI=1S/C15H16N2O4S2/c1-9(18)11-3-5-12(6-4-11)17-13-7-23(20,21)8-14(13)22-15(17)16-10(2)19/h3-6,13-14H,7-8H2,1-2H3/t13-,14-/m0/s1. The summed E-state index contributed by atoms with van der Waals surface area (Å²) in [4.78, 5) is 28.6. The zero-order chi connectivity index (χ0) is 16.8. The lowest BCUT2D eigenvalue weighted by molar-refractivity contribution is -0.115. The first-order valence-corrected chi connectivity index (χ1v) is 9.83.